The molecule has 0 saturated carbocycles. The van der Waals surface area contributed by atoms with Crippen molar-refractivity contribution >= 4 is 47.2 Å². The summed E-state index contributed by atoms with van der Waals surface area (Å²) in [5.41, 5.74) is 5.88. The smallest absolute Gasteiger partial charge is 0.407 e. The molecule has 0 unspecified atom stereocenters. The Hall–Kier alpha value is -4.75. The SMILES string of the molecule is CC(C)[C@H](NC(=O)CCCCCN1C(=O)C=CC1=O)C(=O)N[C@@H](CCCCC(N)=O)C(=O)Nc1ccc(CNC(=O)OC(C)(C)C)cc1. The summed E-state index contributed by atoms with van der Waals surface area (Å²) < 4.78 is 5.24. The molecule has 6 N–H and O–H groups in total. The van der Waals surface area contributed by atoms with Crippen molar-refractivity contribution in [2.45, 2.75) is 110 Å². The van der Waals surface area contributed by atoms with Crippen LogP contribution >= 0.6 is 0 Å². The third kappa shape index (κ3) is 14.8. The van der Waals surface area contributed by atoms with E-state index in [2.05, 4.69) is 21.3 Å². The van der Waals surface area contributed by atoms with Crippen LogP contribution in [0.2, 0.25) is 0 Å². The number of amides is 7. The van der Waals surface area contributed by atoms with Crippen LogP contribution in [0.3, 0.4) is 0 Å². The minimum absolute atomic E-state index is 0.146. The summed E-state index contributed by atoms with van der Waals surface area (Å²) in [6.07, 6.45) is 5.00. The molecule has 0 spiro atoms. The molecule has 264 valence electrons. The van der Waals surface area contributed by atoms with E-state index in [1.54, 1.807) is 58.9 Å². The summed E-state index contributed by atoms with van der Waals surface area (Å²) >= 11 is 0. The number of ether oxygens (including phenoxy) is 1. The van der Waals surface area contributed by atoms with Gasteiger partial charge in [0.15, 0.2) is 0 Å². The molecular formula is C34H50N6O8. The summed E-state index contributed by atoms with van der Waals surface area (Å²) in [4.78, 5) is 87.0. The van der Waals surface area contributed by atoms with E-state index in [9.17, 15) is 33.6 Å². The van der Waals surface area contributed by atoms with E-state index in [1.165, 1.54) is 12.2 Å². The highest BCUT2D eigenvalue weighted by Gasteiger charge is 2.29. The fourth-order valence-electron chi connectivity index (χ4n) is 4.77. The number of nitrogens with one attached hydrogen (secondary N) is 4. The van der Waals surface area contributed by atoms with E-state index >= 15 is 0 Å². The second kappa shape index (κ2) is 19.2. The lowest BCUT2D eigenvalue weighted by Gasteiger charge is -2.25. The van der Waals surface area contributed by atoms with Crippen molar-refractivity contribution in [3.8, 4) is 0 Å². The molecule has 0 bridgehead atoms. The van der Waals surface area contributed by atoms with Crippen molar-refractivity contribution in [1.82, 2.24) is 20.9 Å². The number of carbonyl (C=O) groups excluding carboxylic acids is 7. The average molecular weight is 671 g/mol. The van der Waals surface area contributed by atoms with E-state index in [4.69, 9.17) is 10.5 Å². The zero-order chi connectivity index (χ0) is 35.9. The molecule has 0 fully saturated rings. The Balaban J connectivity index is 1.94. The number of unbranched alkanes of at least 4 members (excludes halogenated alkanes) is 3. The van der Waals surface area contributed by atoms with Crippen LogP contribution in [0.4, 0.5) is 10.5 Å². The van der Waals surface area contributed by atoms with Gasteiger partial charge in [-0.15, -0.1) is 0 Å². The van der Waals surface area contributed by atoms with Gasteiger partial charge in [-0.3, -0.25) is 33.7 Å². The van der Waals surface area contributed by atoms with Crippen molar-refractivity contribution in [3.05, 3.63) is 42.0 Å². The Morgan fingerprint density at radius 3 is 2.04 bits per heavy atom. The number of hydrogen-bond acceptors (Lipinski definition) is 8. The highest BCUT2D eigenvalue weighted by atomic mass is 16.6. The van der Waals surface area contributed by atoms with Gasteiger partial charge >= 0.3 is 6.09 Å². The largest absolute Gasteiger partial charge is 0.444 e. The first-order chi connectivity index (χ1) is 22.6. The average Bonchev–Trinajstić information content (AvgIpc) is 3.31. The number of carbonyl (C=O) groups is 7. The number of nitrogens with zero attached hydrogens (tertiary/aromatic N) is 1. The molecule has 0 aromatic heterocycles. The highest BCUT2D eigenvalue weighted by molar-refractivity contribution is 6.12. The summed E-state index contributed by atoms with van der Waals surface area (Å²) in [5, 5.41) is 11.0. The molecule has 2 rings (SSSR count). The first-order valence-corrected chi connectivity index (χ1v) is 16.3. The molecule has 1 aliphatic heterocycles. The first kappa shape index (κ1) is 39.4. The number of nitrogens with two attached hydrogens (primary N) is 1. The lowest BCUT2D eigenvalue weighted by Crippen LogP contribution is -2.54. The Morgan fingerprint density at radius 2 is 1.46 bits per heavy atom. The summed E-state index contributed by atoms with van der Waals surface area (Å²) in [5.74, 6) is -2.75. The number of alkyl carbamates (subject to hydrolysis) is 1. The standard InChI is InChI=1S/C34H50N6O8/c1-22(2)30(39-27(42)13-7-6-10-20-40-28(43)18-19-29(40)44)32(46)38-25(11-8-9-12-26(35)41)31(45)37-24-16-14-23(15-17-24)21-36-33(47)48-34(3,4)5/h14-19,22,25,30H,6-13,20-21H2,1-5H3,(H2,35,41)(H,36,47)(H,37,45)(H,38,46)(H,39,42)/t25-,30-/m0/s1. The molecule has 1 aromatic carbocycles. The van der Waals surface area contributed by atoms with Gasteiger partial charge in [0.05, 0.1) is 0 Å². The Bertz CT molecular complexity index is 1320. The molecule has 1 aliphatic rings. The van der Waals surface area contributed by atoms with Crippen molar-refractivity contribution in [1.29, 1.82) is 0 Å². The maximum Gasteiger partial charge on any atom is 0.407 e. The Labute approximate surface area is 281 Å². The van der Waals surface area contributed by atoms with Crippen LogP contribution in [-0.4, -0.2) is 70.7 Å². The van der Waals surface area contributed by atoms with Gasteiger partial charge in [-0.05, 0) is 70.1 Å². The number of hydrogen-bond donors (Lipinski definition) is 5. The van der Waals surface area contributed by atoms with E-state index in [1.807, 2.05) is 0 Å². The minimum Gasteiger partial charge on any atom is -0.444 e. The lowest BCUT2D eigenvalue weighted by atomic mass is 10.0. The summed E-state index contributed by atoms with van der Waals surface area (Å²) in [6.45, 7) is 9.38. The molecule has 14 nitrogen and oxygen atoms in total. The summed E-state index contributed by atoms with van der Waals surface area (Å²) in [7, 11) is 0. The van der Waals surface area contributed by atoms with Gasteiger partial charge in [0, 0.05) is 43.8 Å². The zero-order valence-electron chi connectivity index (χ0n) is 28.6. The fraction of sp³-hybridized carbons (Fsp3) is 0.559. The second-order valence-corrected chi connectivity index (χ2v) is 13.1. The molecule has 48 heavy (non-hydrogen) atoms. The fourth-order valence-corrected chi connectivity index (χ4v) is 4.77. The van der Waals surface area contributed by atoms with Gasteiger partial charge < -0.3 is 31.7 Å². The van der Waals surface area contributed by atoms with Gasteiger partial charge in [-0.1, -0.05) is 38.8 Å². The van der Waals surface area contributed by atoms with Crippen molar-refractivity contribution in [3.63, 3.8) is 0 Å². The normalized spacial score (nSPS) is 14.0. The quantitative estimate of drug-likeness (QED) is 0.109. The van der Waals surface area contributed by atoms with Crippen LogP contribution < -0.4 is 27.0 Å². The van der Waals surface area contributed by atoms with Gasteiger partial charge in [0.25, 0.3) is 11.8 Å². The van der Waals surface area contributed by atoms with Crippen molar-refractivity contribution in [2.75, 3.05) is 11.9 Å². The van der Waals surface area contributed by atoms with E-state index in [-0.39, 0.29) is 56.0 Å². The predicted octanol–water partition coefficient (Wildman–Crippen LogP) is 2.81. The van der Waals surface area contributed by atoms with E-state index in [0.29, 0.717) is 37.8 Å². The molecule has 0 radical (unpaired) electrons. The molecule has 0 saturated heterocycles. The third-order valence-electron chi connectivity index (χ3n) is 7.31. The number of imide groups is 1. The minimum atomic E-state index is -0.956. The molecular weight excluding hydrogens is 620 g/mol. The van der Waals surface area contributed by atoms with Crippen LogP contribution in [0.1, 0.15) is 91.5 Å². The number of benzene rings is 1. The van der Waals surface area contributed by atoms with Crippen LogP contribution in [0.25, 0.3) is 0 Å². The number of anilines is 1. The topological polar surface area (TPSA) is 206 Å². The molecule has 0 aliphatic carbocycles. The van der Waals surface area contributed by atoms with Crippen LogP contribution in [0, 0.1) is 5.92 Å². The highest BCUT2D eigenvalue weighted by Crippen LogP contribution is 2.14. The molecule has 14 heteroatoms. The number of rotatable bonds is 19. The Morgan fingerprint density at radius 1 is 0.833 bits per heavy atom. The lowest BCUT2D eigenvalue weighted by molar-refractivity contribution is -0.137. The van der Waals surface area contributed by atoms with Gasteiger partial charge in [0.1, 0.15) is 17.7 Å². The van der Waals surface area contributed by atoms with Crippen LogP contribution in [0.5, 0.6) is 0 Å². The Kier molecular flexibility index (Phi) is 15.7. The maximum absolute atomic E-state index is 13.4. The monoisotopic (exact) mass is 670 g/mol. The van der Waals surface area contributed by atoms with E-state index < -0.39 is 41.5 Å². The van der Waals surface area contributed by atoms with Crippen molar-refractivity contribution in [2.24, 2.45) is 11.7 Å². The molecule has 7 amide bonds. The van der Waals surface area contributed by atoms with Crippen LogP contribution in [0.15, 0.2) is 36.4 Å². The van der Waals surface area contributed by atoms with E-state index in [0.717, 1.165) is 10.5 Å². The van der Waals surface area contributed by atoms with Crippen LogP contribution in [-0.2, 0) is 40.0 Å². The predicted molar refractivity (Wildman–Crippen MR) is 179 cm³/mol. The maximum atomic E-state index is 13.4. The van der Waals surface area contributed by atoms with Gasteiger partial charge in [-0.2, -0.15) is 0 Å². The van der Waals surface area contributed by atoms with Crippen molar-refractivity contribution < 1.29 is 38.3 Å². The first-order valence-electron chi connectivity index (χ1n) is 16.3. The summed E-state index contributed by atoms with van der Waals surface area (Å²) in [6, 6.07) is 4.96. The third-order valence-corrected chi connectivity index (χ3v) is 7.31. The zero-order valence-corrected chi connectivity index (χ0v) is 28.6. The molecule has 2 atom stereocenters. The van der Waals surface area contributed by atoms with Gasteiger partial charge in [0.2, 0.25) is 23.6 Å². The molecule has 1 heterocycles. The second-order valence-electron chi connectivity index (χ2n) is 13.1. The molecule has 1 aromatic rings. The van der Waals surface area contributed by atoms with Gasteiger partial charge in [-0.25, -0.2) is 4.79 Å². The number of primary amides is 1.